The van der Waals surface area contributed by atoms with Crippen molar-refractivity contribution in [3.63, 3.8) is 0 Å². The molecule has 2 aromatic rings. The van der Waals surface area contributed by atoms with Gasteiger partial charge in [0.2, 0.25) is 0 Å². The van der Waals surface area contributed by atoms with E-state index in [2.05, 4.69) is 26.2 Å². The minimum Gasteiger partial charge on any atom is -0.312 e. The maximum Gasteiger partial charge on any atom is 0.434 e. The Morgan fingerprint density at radius 1 is 1.30 bits per heavy atom. The van der Waals surface area contributed by atoms with E-state index >= 15 is 0 Å². The quantitative estimate of drug-likeness (QED) is 0.720. The lowest BCUT2D eigenvalue weighted by Gasteiger charge is -2.06. The summed E-state index contributed by atoms with van der Waals surface area (Å²) in [5.41, 5.74) is -0.773. The summed E-state index contributed by atoms with van der Waals surface area (Å²) in [5.74, 6) is 0. The molecule has 0 aliphatic carbocycles. The van der Waals surface area contributed by atoms with E-state index in [9.17, 15) is 13.2 Å². The van der Waals surface area contributed by atoms with Crippen molar-refractivity contribution in [1.29, 1.82) is 0 Å². The van der Waals surface area contributed by atoms with Gasteiger partial charge in [-0.2, -0.15) is 13.2 Å². The monoisotopic (exact) mass is 384 g/mol. The van der Waals surface area contributed by atoms with Gasteiger partial charge in [0.25, 0.3) is 0 Å². The summed E-state index contributed by atoms with van der Waals surface area (Å²) in [6, 6.07) is 3.58. The standard InChI is InChI=1S/C12H12BrF3N2S2/c1-2-5-17-6-8-10(12(14,15)16)18-11(20-8)7-3-4-9(13)19-7/h3-4,17H,2,5-6H2,1H3. The molecule has 0 fully saturated rings. The zero-order chi connectivity index (χ0) is 14.8. The van der Waals surface area contributed by atoms with Crippen LogP contribution in [0, 0.1) is 0 Å². The van der Waals surface area contributed by atoms with Crippen LogP contribution in [-0.2, 0) is 12.7 Å². The molecule has 0 aliphatic heterocycles. The van der Waals surface area contributed by atoms with Gasteiger partial charge >= 0.3 is 6.18 Å². The van der Waals surface area contributed by atoms with Crippen molar-refractivity contribution in [3.8, 4) is 9.88 Å². The third-order valence-electron chi connectivity index (χ3n) is 2.46. The van der Waals surface area contributed by atoms with Gasteiger partial charge in [-0.3, -0.25) is 0 Å². The molecule has 20 heavy (non-hydrogen) atoms. The van der Waals surface area contributed by atoms with Crippen molar-refractivity contribution in [1.82, 2.24) is 10.3 Å². The van der Waals surface area contributed by atoms with Gasteiger partial charge in [0.15, 0.2) is 5.69 Å². The van der Waals surface area contributed by atoms with Gasteiger partial charge in [-0.05, 0) is 41.0 Å². The SMILES string of the molecule is CCCNCc1sc(-c2ccc(Br)s2)nc1C(F)(F)F. The molecule has 0 bridgehead atoms. The Bertz CT molecular complexity index is 578. The number of rotatable bonds is 5. The van der Waals surface area contributed by atoms with Crippen LogP contribution < -0.4 is 5.32 Å². The zero-order valence-electron chi connectivity index (χ0n) is 10.6. The number of nitrogens with one attached hydrogen (secondary N) is 1. The normalized spacial score (nSPS) is 12.1. The Balaban J connectivity index is 2.31. The van der Waals surface area contributed by atoms with E-state index in [0.29, 0.717) is 11.6 Å². The Labute approximate surface area is 131 Å². The average molecular weight is 385 g/mol. The van der Waals surface area contributed by atoms with Gasteiger partial charge in [-0.25, -0.2) is 4.98 Å². The van der Waals surface area contributed by atoms with Crippen LogP contribution in [0.25, 0.3) is 9.88 Å². The van der Waals surface area contributed by atoms with Gasteiger partial charge < -0.3 is 5.32 Å². The second-order valence-corrected chi connectivity index (χ2v) is 7.62. The fourth-order valence-corrected chi connectivity index (χ4v) is 4.10. The lowest BCUT2D eigenvalue weighted by atomic mass is 10.3. The number of nitrogens with zero attached hydrogens (tertiary/aromatic N) is 1. The highest BCUT2D eigenvalue weighted by Crippen LogP contribution is 2.40. The van der Waals surface area contributed by atoms with E-state index in [4.69, 9.17) is 0 Å². The highest BCUT2D eigenvalue weighted by molar-refractivity contribution is 9.11. The Morgan fingerprint density at radius 2 is 2.05 bits per heavy atom. The smallest absolute Gasteiger partial charge is 0.312 e. The highest BCUT2D eigenvalue weighted by Gasteiger charge is 2.37. The summed E-state index contributed by atoms with van der Waals surface area (Å²) in [5, 5.41) is 3.42. The molecule has 0 unspecified atom stereocenters. The Morgan fingerprint density at radius 3 is 2.60 bits per heavy atom. The predicted octanol–water partition coefficient (Wildman–Crippen LogP) is 5.15. The van der Waals surface area contributed by atoms with Crippen molar-refractivity contribution >= 4 is 38.6 Å². The minimum absolute atomic E-state index is 0.201. The van der Waals surface area contributed by atoms with Crippen LogP contribution in [0.5, 0.6) is 0 Å². The fourth-order valence-electron chi connectivity index (χ4n) is 1.61. The molecule has 0 saturated heterocycles. The van der Waals surface area contributed by atoms with Crippen LogP contribution >= 0.6 is 38.6 Å². The third-order valence-corrected chi connectivity index (χ3v) is 5.31. The minimum atomic E-state index is -4.41. The molecule has 2 rings (SSSR count). The second-order valence-electron chi connectivity index (χ2n) is 4.07. The van der Waals surface area contributed by atoms with Crippen molar-refractivity contribution in [2.24, 2.45) is 0 Å². The van der Waals surface area contributed by atoms with Crippen LogP contribution in [0.15, 0.2) is 15.9 Å². The zero-order valence-corrected chi connectivity index (χ0v) is 13.8. The van der Waals surface area contributed by atoms with Gasteiger partial charge in [-0.15, -0.1) is 22.7 Å². The molecule has 2 aromatic heterocycles. The first kappa shape index (κ1) is 15.9. The molecule has 0 atom stereocenters. The molecule has 0 aliphatic rings. The maximum atomic E-state index is 13.0. The number of hydrogen-bond acceptors (Lipinski definition) is 4. The van der Waals surface area contributed by atoms with E-state index in [1.165, 1.54) is 11.3 Å². The number of hydrogen-bond donors (Lipinski definition) is 1. The van der Waals surface area contributed by atoms with Gasteiger partial charge in [0.1, 0.15) is 5.01 Å². The number of aromatic nitrogens is 1. The first-order valence-corrected chi connectivity index (χ1v) is 8.37. The van der Waals surface area contributed by atoms with Crippen LogP contribution in [0.3, 0.4) is 0 Å². The molecule has 2 heterocycles. The van der Waals surface area contributed by atoms with Crippen LogP contribution in [0.1, 0.15) is 23.9 Å². The predicted molar refractivity (Wildman–Crippen MR) is 80.1 cm³/mol. The molecule has 8 heteroatoms. The first-order chi connectivity index (χ1) is 9.41. The molecular formula is C12H12BrF3N2S2. The summed E-state index contributed by atoms with van der Waals surface area (Å²) in [4.78, 5) is 4.77. The molecule has 0 amide bonds. The summed E-state index contributed by atoms with van der Waals surface area (Å²) in [6.07, 6.45) is -3.53. The summed E-state index contributed by atoms with van der Waals surface area (Å²) in [6.45, 7) is 2.86. The summed E-state index contributed by atoms with van der Waals surface area (Å²) >= 11 is 5.78. The largest absolute Gasteiger partial charge is 0.434 e. The van der Waals surface area contributed by atoms with Crippen molar-refractivity contribution < 1.29 is 13.2 Å². The maximum absolute atomic E-state index is 13.0. The van der Waals surface area contributed by atoms with Crippen LogP contribution in [-0.4, -0.2) is 11.5 Å². The van der Waals surface area contributed by atoms with Gasteiger partial charge in [-0.1, -0.05) is 6.92 Å². The van der Waals surface area contributed by atoms with Crippen molar-refractivity contribution in [2.75, 3.05) is 6.54 Å². The number of alkyl halides is 3. The van der Waals surface area contributed by atoms with E-state index in [1.54, 1.807) is 6.07 Å². The Kier molecular flexibility index (Phi) is 5.22. The van der Waals surface area contributed by atoms with E-state index < -0.39 is 11.9 Å². The average Bonchev–Trinajstić information content (AvgIpc) is 2.95. The van der Waals surface area contributed by atoms with Gasteiger partial charge in [0, 0.05) is 6.54 Å². The van der Waals surface area contributed by atoms with Crippen LogP contribution in [0.2, 0.25) is 0 Å². The lowest BCUT2D eigenvalue weighted by Crippen LogP contribution is -2.17. The molecule has 1 N–H and O–H groups in total. The third kappa shape index (κ3) is 3.81. The number of thiophene rings is 1. The number of thiazole rings is 1. The molecular weight excluding hydrogens is 373 g/mol. The van der Waals surface area contributed by atoms with Crippen molar-refractivity contribution in [3.05, 3.63) is 26.5 Å². The molecule has 0 aromatic carbocycles. The highest BCUT2D eigenvalue weighted by atomic mass is 79.9. The topological polar surface area (TPSA) is 24.9 Å². The van der Waals surface area contributed by atoms with E-state index in [1.807, 2.05) is 13.0 Å². The summed E-state index contributed by atoms with van der Waals surface area (Å²) < 4.78 is 39.9. The first-order valence-electron chi connectivity index (χ1n) is 5.95. The summed E-state index contributed by atoms with van der Waals surface area (Å²) in [7, 11) is 0. The molecule has 110 valence electrons. The van der Waals surface area contributed by atoms with Crippen LogP contribution in [0.4, 0.5) is 13.2 Å². The Hall–Kier alpha value is -0.440. The van der Waals surface area contributed by atoms with Gasteiger partial charge in [0.05, 0.1) is 13.5 Å². The molecule has 0 saturated carbocycles. The fraction of sp³-hybridized carbons (Fsp3) is 0.417. The number of halogens is 4. The molecule has 0 spiro atoms. The lowest BCUT2D eigenvalue weighted by molar-refractivity contribution is -0.141. The second kappa shape index (κ2) is 6.55. The molecule has 0 radical (unpaired) electrons. The molecule has 2 nitrogen and oxygen atoms in total. The van der Waals surface area contributed by atoms with E-state index in [-0.39, 0.29) is 11.4 Å². The van der Waals surface area contributed by atoms with E-state index in [0.717, 1.165) is 26.4 Å². The van der Waals surface area contributed by atoms with Crippen molar-refractivity contribution in [2.45, 2.75) is 26.1 Å².